The summed E-state index contributed by atoms with van der Waals surface area (Å²) in [6, 6.07) is 0. The number of hydrogen-bond acceptors (Lipinski definition) is 0. The smallest absolute Gasteiger partial charge is 0.0283 e. The van der Waals surface area contributed by atoms with Crippen molar-refractivity contribution in [2.24, 2.45) is 0 Å². The largest absolute Gasteiger partial charge is 0.103 e. The molecule has 0 amide bonds. The number of hydrogen-bond donors (Lipinski definition) is 0. The normalized spacial score (nSPS) is 11.4. The molecule has 0 aromatic carbocycles. The van der Waals surface area contributed by atoms with Gasteiger partial charge in [0.15, 0.2) is 0 Å². The molecule has 0 bridgehead atoms. The van der Waals surface area contributed by atoms with Crippen molar-refractivity contribution < 1.29 is 0 Å². The first kappa shape index (κ1) is 12.2. The summed E-state index contributed by atoms with van der Waals surface area (Å²) in [7, 11) is 0. The van der Waals surface area contributed by atoms with Gasteiger partial charge in [0.05, 0.1) is 0 Å². The molecule has 74 valence electrons. The third kappa shape index (κ3) is 7.58. The summed E-state index contributed by atoms with van der Waals surface area (Å²) < 4.78 is 0. The lowest BCUT2D eigenvalue weighted by Gasteiger charge is -2.03. The molecular formula is C13H22. The molecule has 0 saturated heterocycles. The molecule has 13 heavy (non-hydrogen) atoms. The second kappa shape index (κ2) is 7.85. The van der Waals surface area contributed by atoms with Crippen LogP contribution in [0.4, 0.5) is 0 Å². The van der Waals surface area contributed by atoms with Gasteiger partial charge in [0, 0.05) is 0 Å². The molecule has 0 atom stereocenters. The fourth-order valence-electron chi connectivity index (χ4n) is 1.20. The fourth-order valence-corrected chi connectivity index (χ4v) is 1.20. The van der Waals surface area contributed by atoms with Crippen molar-refractivity contribution in [1.82, 2.24) is 0 Å². The summed E-state index contributed by atoms with van der Waals surface area (Å²) in [5.74, 6) is 0. The lowest BCUT2D eigenvalue weighted by atomic mass is 10.0. The average molecular weight is 178 g/mol. The minimum Gasteiger partial charge on any atom is -0.103 e. The molecular weight excluding hydrogens is 156 g/mol. The van der Waals surface area contributed by atoms with E-state index >= 15 is 0 Å². The Morgan fingerprint density at radius 3 is 2.38 bits per heavy atom. The average Bonchev–Trinajstić information content (AvgIpc) is 2.10. The predicted octanol–water partition coefficient (Wildman–Crippen LogP) is 4.65. The Bertz CT molecular complexity index is 184. The van der Waals surface area contributed by atoms with Gasteiger partial charge in [-0.25, -0.2) is 0 Å². The van der Waals surface area contributed by atoms with Crippen molar-refractivity contribution in [3.8, 4) is 0 Å². The molecule has 0 aromatic rings. The third-order valence-electron chi connectivity index (χ3n) is 2.13. The van der Waals surface area contributed by atoms with Crippen molar-refractivity contribution in [2.75, 3.05) is 0 Å². The van der Waals surface area contributed by atoms with Gasteiger partial charge in [0.2, 0.25) is 0 Å². The lowest BCUT2D eigenvalue weighted by molar-refractivity contribution is 0.859. The highest BCUT2D eigenvalue weighted by Gasteiger charge is 1.94. The molecule has 0 fully saturated rings. The maximum atomic E-state index is 3.91. The first-order valence-electron chi connectivity index (χ1n) is 5.13. The summed E-state index contributed by atoms with van der Waals surface area (Å²) >= 11 is 0. The van der Waals surface area contributed by atoms with Gasteiger partial charge in [-0.1, -0.05) is 30.2 Å². The van der Waals surface area contributed by atoms with Crippen molar-refractivity contribution in [3.63, 3.8) is 0 Å². The molecule has 0 rings (SSSR count). The first-order valence-corrected chi connectivity index (χ1v) is 5.13. The number of allylic oxidation sites excluding steroid dienone is 4. The Hall–Kier alpha value is -0.780. The molecule has 0 unspecified atom stereocenters. The zero-order valence-electron chi connectivity index (χ0n) is 9.10. The first-order chi connectivity index (χ1) is 6.20. The van der Waals surface area contributed by atoms with E-state index in [9.17, 15) is 0 Å². The zero-order valence-corrected chi connectivity index (χ0v) is 9.10. The van der Waals surface area contributed by atoms with Crippen LogP contribution in [0.5, 0.6) is 0 Å². The maximum absolute atomic E-state index is 3.91. The fraction of sp³-hybridized carbons (Fsp3) is 0.538. The second-order valence-electron chi connectivity index (χ2n) is 3.54. The van der Waals surface area contributed by atoms with E-state index in [4.69, 9.17) is 0 Å². The van der Waals surface area contributed by atoms with E-state index in [-0.39, 0.29) is 0 Å². The lowest BCUT2D eigenvalue weighted by Crippen LogP contribution is -1.83. The summed E-state index contributed by atoms with van der Waals surface area (Å²) in [6.45, 7) is 11.9. The van der Waals surface area contributed by atoms with Crippen LogP contribution in [-0.2, 0) is 0 Å². The van der Waals surface area contributed by atoms with Gasteiger partial charge in [-0.3, -0.25) is 0 Å². The van der Waals surface area contributed by atoms with Gasteiger partial charge in [-0.15, -0.1) is 13.2 Å². The van der Waals surface area contributed by atoms with Crippen LogP contribution >= 0.6 is 0 Å². The van der Waals surface area contributed by atoms with Crippen LogP contribution in [0, 0.1) is 0 Å². The Balaban J connectivity index is 3.79. The van der Waals surface area contributed by atoms with E-state index in [2.05, 4.69) is 33.1 Å². The summed E-state index contributed by atoms with van der Waals surface area (Å²) in [5.41, 5.74) is 2.84. The van der Waals surface area contributed by atoms with E-state index in [1.807, 2.05) is 6.08 Å². The molecule has 0 radical (unpaired) electrons. The molecule has 0 aliphatic rings. The SMILES string of the molecule is C=CCCC=C(CC)CCC(=C)C. The van der Waals surface area contributed by atoms with Crippen molar-refractivity contribution >= 4 is 0 Å². The van der Waals surface area contributed by atoms with Crippen molar-refractivity contribution in [2.45, 2.75) is 46.0 Å². The molecule has 0 N–H and O–H groups in total. The number of unbranched alkanes of at least 4 members (excludes halogenated alkanes) is 1. The predicted molar refractivity (Wildman–Crippen MR) is 61.9 cm³/mol. The van der Waals surface area contributed by atoms with Gasteiger partial charge >= 0.3 is 0 Å². The third-order valence-corrected chi connectivity index (χ3v) is 2.13. The number of rotatable bonds is 7. The Morgan fingerprint density at radius 2 is 1.92 bits per heavy atom. The minimum atomic E-state index is 1.09. The molecule has 0 aliphatic heterocycles. The standard InChI is InChI=1S/C13H22/c1-5-7-8-9-13(6-2)11-10-12(3)4/h5,9H,1,3,6-8,10-11H2,2,4H3. The molecule has 0 heterocycles. The monoisotopic (exact) mass is 178 g/mol. The van der Waals surface area contributed by atoms with Gasteiger partial charge < -0.3 is 0 Å². The minimum absolute atomic E-state index is 1.09. The van der Waals surface area contributed by atoms with Crippen LogP contribution in [0.15, 0.2) is 36.5 Å². The molecule has 0 saturated carbocycles. The van der Waals surface area contributed by atoms with Crippen LogP contribution in [-0.4, -0.2) is 0 Å². The summed E-state index contributed by atoms with van der Waals surface area (Å²) in [6.07, 6.45) is 10.0. The Morgan fingerprint density at radius 1 is 1.23 bits per heavy atom. The zero-order chi connectivity index (χ0) is 10.1. The summed E-state index contributed by atoms with van der Waals surface area (Å²) in [5, 5.41) is 0. The Labute approximate surface area is 83.0 Å². The highest BCUT2D eigenvalue weighted by Crippen LogP contribution is 2.14. The summed E-state index contributed by atoms with van der Waals surface area (Å²) in [4.78, 5) is 0. The molecule has 0 aliphatic carbocycles. The Kier molecular flexibility index (Phi) is 7.38. The molecule has 0 nitrogen and oxygen atoms in total. The van der Waals surface area contributed by atoms with E-state index < -0.39 is 0 Å². The highest BCUT2D eigenvalue weighted by atomic mass is 14.0. The van der Waals surface area contributed by atoms with Gasteiger partial charge in [0.25, 0.3) is 0 Å². The molecule has 0 spiro atoms. The van der Waals surface area contributed by atoms with Crippen LogP contribution in [0.25, 0.3) is 0 Å². The van der Waals surface area contributed by atoms with Crippen molar-refractivity contribution in [1.29, 1.82) is 0 Å². The van der Waals surface area contributed by atoms with E-state index in [1.54, 1.807) is 5.57 Å². The van der Waals surface area contributed by atoms with Crippen LogP contribution in [0.3, 0.4) is 0 Å². The molecule has 0 aromatic heterocycles. The van der Waals surface area contributed by atoms with Crippen LogP contribution in [0.2, 0.25) is 0 Å². The maximum Gasteiger partial charge on any atom is -0.0283 e. The van der Waals surface area contributed by atoms with E-state index in [0.29, 0.717) is 0 Å². The topological polar surface area (TPSA) is 0 Å². The van der Waals surface area contributed by atoms with Crippen LogP contribution in [0.1, 0.15) is 46.0 Å². The molecule has 0 heteroatoms. The quantitative estimate of drug-likeness (QED) is 0.393. The van der Waals surface area contributed by atoms with E-state index in [1.165, 1.54) is 18.4 Å². The van der Waals surface area contributed by atoms with E-state index in [0.717, 1.165) is 19.3 Å². The van der Waals surface area contributed by atoms with Gasteiger partial charge in [-0.2, -0.15) is 0 Å². The van der Waals surface area contributed by atoms with Crippen LogP contribution < -0.4 is 0 Å². The van der Waals surface area contributed by atoms with Gasteiger partial charge in [0.1, 0.15) is 0 Å². The highest BCUT2D eigenvalue weighted by molar-refractivity contribution is 5.05. The second-order valence-corrected chi connectivity index (χ2v) is 3.54. The van der Waals surface area contributed by atoms with Crippen molar-refractivity contribution in [3.05, 3.63) is 36.5 Å². The van der Waals surface area contributed by atoms with Gasteiger partial charge in [-0.05, 0) is 39.0 Å².